The molecular formula is C13H13IO3. The third-order valence-electron chi connectivity index (χ3n) is 2.84. The second-order valence-corrected chi connectivity index (χ2v) is 5.25. The SMILES string of the molecule is O=C(OC1CCCCC1=O)c1ccccc1I. The summed E-state index contributed by atoms with van der Waals surface area (Å²) in [6.45, 7) is 0. The Balaban J connectivity index is 2.06. The minimum absolute atomic E-state index is 0.0514. The van der Waals surface area contributed by atoms with Crippen molar-refractivity contribution in [3.8, 4) is 0 Å². The summed E-state index contributed by atoms with van der Waals surface area (Å²) < 4.78 is 6.12. The number of hydrogen-bond donors (Lipinski definition) is 0. The van der Waals surface area contributed by atoms with Crippen LogP contribution in [-0.2, 0) is 9.53 Å². The Kier molecular flexibility index (Phi) is 4.15. The third-order valence-corrected chi connectivity index (χ3v) is 3.78. The molecule has 17 heavy (non-hydrogen) atoms. The van der Waals surface area contributed by atoms with E-state index < -0.39 is 12.1 Å². The van der Waals surface area contributed by atoms with Gasteiger partial charge in [-0.25, -0.2) is 4.79 Å². The van der Waals surface area contributed by atoms with Crippen molar-refractivity contribution in [2.75, 3.05) is 0 Å². The quantitative estimate of drug-likeness (QED) is 0.612. The number of Topliss-reactive ketones (excluding diaryl/α,β-unsaturated/α-hetero) is 1. The third kappa shape index (κ3) is 3.06. The van der Waals surface area contributed by atoms with Gasteiger partial charge in [-0.15, -0.1) is 0 Å². The van der Waals surface area contributed by atoms with Crippen molar-refractivity contribution in [1.29, 1.82) is 0 Å². The largest absolute Gasteiger partial charge is 0.451 e. The van der Waals surface area contributed by atoms with Crippen molar-refractivity contribution in [2.24, 2.45) is 0 Å². The molecule has 4 heteroatoms. The molecule has 1 aromatic carbocycles. The van der Waals surface area contributed by atoms with E-state index in [2.05, 4.69) is 22.6 Å². The zero-order valence-electron chi connectivity index (χ0n) is 9.32. The summed E-state index contributed by atoms with van der Waals surface area (Å²) in [5.41, 5.74) is 0.534. The van der Waals surface area contributed by atoms with E-state index in [1.165, 1.54) is 0 Å². The van der Waals surface area contributed by atoms with E-state index in [4.69, 9.17) is 4.74 Å². The van der Waals surface area contributed by atoms with Crippen molar-refractivity contribution < 1.29 is 14.3 Å². The molecule has 0 spiro atoms. The van der Waals surface area contributed by atoms with Crippen LogP contribution in [0.4, 0.5) is 0 Å². The molecule has 1 atom stereocenters. The highest BCUT2D eigenvalue weighted by molar-refractivity contribution is 14.1. The summed E-state index contributed by atoms with van der Waals surface area (Å²) in [6.07, 6.45) is 2.52. The highest BCUT2D eigenvalue weighted by Gasteiger charge is 2.26. The Morgan fingerprint density at radius 2 is 2.06 bits per heavy atom. The van der Waals surface area contributed by atoms with Gasteiger partial charge in [0.15, 0.2) is 11.9 Å². The van der Waals surface area contributed by atoms with Crippen molar-refractivity contribution in [3.63, 3.8) is 0 Å². The Hall–Kier alpha value is -0.910. The van der Waals surface area contributed by atoms with E-state index in [9.17, 15) is 9.59 Å². The standard InChI is InChI=1S/C13H13IO3/c14-10-6-2-1-5-9(10)13(16)17-12-8-4-3-7-11(12)15/h1-2,5-6,12H,3-4,7-8H2. The lowest BCUT2D eigenvalue weighted by Crippen LogP contribution is -2.30. The van der Waals surface area contributed by atoms with Gasteiger partial charge in [0.2, 0.25) is 0 Å². The van der Waals surface area contributed by atoms with Gasteiger partial charge in [0.05, 0.1) is 5.56 Å². The van der Waals surface area contributed by atoms with Crippen LogP contribution in [0.1, 0.15) is 36.0 Å². The predicted octanol–water partition coefficient (Wildman–Crippen LogP) is 2.96. The lowest BCUT2D eigenvalue weighted by atomic mass is 9.96. The lowest BCUT2D eigenvalue weighted by molar-refractivity contribution is -0.129. The second kappa shape index (κ2) is 5.62. The van der Waals surface area contributed by atoms with E-state index in [-0.39, 0.29) is 5.78 Å². The molecule has 0 saturated heterocycles. The summed E-state index contributed by atoms with van der Waals surface area (Å²) in [6, 6.07) is 7.23. The molecule has 0 N–H and O–H groups in total. The average Bonchev–Trinajstić information content (AvgIpc) is 2.32. The summed E-state index contributed by atoms with van der Waals surface area (Å²) in [5.74, 6) is -0.342. The van der Waals surface area contributed by atoms with Crippen LogP contribution in [0, 0.1) is 3.57 Å². The number of carbonyl (C=O) groups excluding carboxylic acids is 2. The molecule has 2 rings (SSSR count). The summed E-state index contributed by atoms with van der Waals surface area (Å²) in [7, 11) is 0. The summed E-state index contributed by atoms with van der Waals surface area (Å²) in [5, 5.41) is 0. The van der Waals surface area contributed by atoms with Gasteiger partial charge in [-0.1, -0.05) is 12.1 Å². The Labute approximate surface area is 114 Å². The minimum Gasteiger partial charge on any atom is -0.451 e. The molecule has 0 aromatic heterocycles. The molecule has 1 fully saturated rings. The van der Waals surface area contributed by atoms with Crippen LogP contribution in [0.3, 0.4) is 0 Å². The van der Waals surface area contributed by atoms with Crippen molar-refractivity contribution in [3.05, 3.63) is 33.4 Å². The maximum atomic E-state index is 11.9. The Morgan fingerprint density at radius 3 is 2.76 bits per heavy atom. The van der Waals surface area contributed by atoms with Crippen LogP contribution in [0.15, 0.2) is 24.3 Å². The van der Waals surface area contributed by atoms with E-state index >= 15 is 0 Å². The second-order valence-electron chi connectivity index (χ2n) is 4.09. The highest BCUT2D eigenvalue weighted by Crippen LogP contribution is 2.20. The number of esters is 1. The van der Waals surface area contributed by atoms with Crippen LogP contribution in [0.2, 0.25) is 0 Å². The molecular weight excluding hydrogens is 331 g/mol. The average molecular weight is 344 g/mol. The van der Waals surface area contributed by atoms with Crippen LogP contribution >= 0.6 is 22.6 Å². The zero-order valence-corrected chi connectivity index (χ0v) is 11.5. The summed E-state index contributed by atoms with van der Waals surface area (Å²) in [4.78, 5) is 23.5. The fourth-order valence-corrected chi connectivity index (χ4v) is 2.50. The van der Waals surface area contributed by atoms with Gasteiger partial charge < -0.3 is 4.74 Å². The van der Waals surface area contributed by atoms with E-state index in [1.807, 2.05) is 12.1 Å². The molecule has 1 unspecified atom stereocenters. The minimum atomic E-state index is -0.535. The van der Waals surface area contributed by atoms with Gasteiger partial charge in [-0.05, 0) is 54.0 Å². The smallest absolute Gasteiger partial charge is 0.339 e. The molecule has 0 bridgehead atoms. The zero-order chi connectivity index (χ0) is 12.3. The molecule has 0 radical (unpaired) electrons. The monoisotopic (exact) mass is 344 g/mol. The number of rotatable bonds is 2. The van der Waals surface area contributed by atoms with E-state index in [0.717, 1.165) is 16.4 Å². The van der Waals surface area contributed by atoms with Gasteiger partial charge in [0.1, 0.15) is 0 Å². The molecule has 0 heterocycles. The Morgan fingerprint density at radius 1 is 1.29 bits per heavy atom. The fourth-order valence-electron chi connectivity index (χ4n) is 1.90. The van der Waals surface area contributed by atoms with Gasteiger partial charge in [-0.3, -0.25) is 4.79 Å². The van der Waals surface area contributed by atoms with E-state index in [1.54, 1.807) is 12.1 Å². The molecule has 0 aliphatic heterocycles. The fraction of sp³-hybridized carbons (Fsp3) is 0.385. The molecule has 1 saturated carbocycles. The van der Waals surface area contributed by atoms with Crippen LogP contribution < -0.4 is 0 Å². The topological polar surface area (TPSA) is 43.4 Å². The highest BCUT2D eigenvalue weighted by atomic mass is 127. The van der Waals surface area contributed by atoms with Crippen molar-refractivity contribution in [1.82, 2.24) is 0 Å². The number of halogens is 1. The van der Waals surface area contributed by atoms with Gasteiger partial charge in [-0.2, -0.15) is 0 Å². The van der Waals surface area contributed by atoms with Crippen molar-refractivity contribution in [2.45, 2.75) is 31.8 Å². The summed E-state index contributed by atoms with van der Waals surface area (Å²) >= 11 is 2.09. The molecule has 3 nitrogen and oxygen atoms in total. The number of hydrogen-bond acceptors (Lipinski definition) is 3. The first-order valence-corrected chi connectivity index (χ1v) is 6.74. The normalized spacial score (nSPS) is 20.1. The molecule has 90 valence electrons. The van der Waals surface area contributed by atoms with Crippen LogP contribution in [-0.4, -0.2) is 17.9 Å². The van der Waals surface area contributed by atoms with Crippen LogP contribution in [0.25, 0.3) is 0 Å². The maximum Gasteiger partial charge on any atom is 0.339 e. The van der Waals surface area contributed by atoms with E-state index in [0.29, 0.717) is 18.4 Å². The first-order valence-electron chi connectivity index (χ1n) is 5.66. The number of ether oxygens (including phenoxy) is 1. The van der Waals surface area contributed by atoms with Gasteiger partial charge in [0, 0.05) is 9.99 Å². The van der Waals surface area contributed by atoms with Crippen molar-refractivity contribution >= 4 is 34.3 Å². The first-order chi connectivity index (χ1) is 8.18. The number of benzene rings is 1. The lowest BCUT2D eigenvalue weighted by Gasteiger charge is -2.20. The maximum absolute atomic E-state index is 11.9. The molecule has 1 aromatic rings. The van der Waals surface area contributed by atoms with Gasteiger partial charge >= 0.3 is 5.97 Å². The predicted molar refractivity (Wildman–Crippen MR) is 71.8 cm³/mol. The molecule has 0 amide bonds. The Bertz CT molecular complexity index is 442. The number of ketones is 1. The molecule has 1 aliphatic rings. The van der Waals surface area contributed by atoms with Gasteiger partial charge in [0.25, 0.3) is 0 Å². The number of carbonyl (C=O) groups is 2. The first kappa shape index (κ1) is 12.5. The molecule has 1 aliphatic carbocycles. The van der Waals surface area contributed by atoms with Crippen LogP contribution in [0.5, 0.6) is 0 Å².